The quantitative estimate of drug-likeness (QED) is 0.530. The van der Waals surface area contributed by atoms with Gasteiger partial charge in [-0.05, 0) is 13.8 Å². The Morgan fingerprint density at radius 3 is 2.44 bits per heavy atom. The second kappa shape index (κ2) is 6.15. The zero-order valence-corrected chi connectivity index (χ0v) is 15.3. The van der Waals surface area contributed by atoms with Gasteiger partial charge in [0.2, 0.25) is 5.65 Å². The van der Waals surface area contributed by atoms with Crippen molar-refractivity contribution in [2.45, 2.75) is 20.4 Å². The number of rotatable bonds is 3. The fourth-order valence-corrected chi connectivity index (χ4v) is 3.61. The number of fused-ring (bicyclic) bond motifs is 2. The molecular formula is C17H20N10. The van der Waals surface area contributed by atoms with Crippen LogP contribution in [0, 0.1) is 6.92 Å². The Balaban J connectivity index is 1.41. The molecule has 5 heterocycles. The topological polar surface area (TPSA) is 93.2 Å². The number of piperazine rings is 1. The maximum absolute atomic E-state index is 4.55. The Morgan fingerprint density at radius 1 is 0.889 bits per heavy atom. The van der Waals surface area contributed by atoms with Crippen molar-refractivity contribution in [3.63, 3.8) is 0 Å². The number of nitrogens with zero attached hydrogens (tertiary/aromatic N) is 10. The summed E-state index contributed by atoms with van der Waals surface area (Å²) in [6.45, 7) is 8.20. The van der Waals surface area contributed by atoms with Gasteiger partial charge in [-0.2, -0.15) is 0 Å². The van der Waals surface area contributed by atoms with Gasteiger partial charge in [0.05, 0.1) is 6.33 Å². The third kappa shape index (κ3) is 2.47. The minimum absolute atomic E-state index is 0.801. The first kappa shape index (κ1) is 15.9. The summed E-state index contributed by atoms with van der Waals surface area (Å²) in [6.07, 6.45) is 7.15. The van der Waals surface area contributed by atoms with Crippen LogP contribution in [0.25, 0.3) is 16.8 Å². The molecule has 1 aliphatic rings. The Bertz CT molecular complexity index is 1110. The molecule has 4 aromatic heterocycles. The molecule has 138 valence electrons. The van der Waals surface area contributed by atoms with E-state index in [0.717, 1.165) is 67.0 Å². The van der Waals surface area contributed by atoms with E-state index in [4.69, 9.17) is 0 Å². The molecule has 0 atom stereocenters. The summed E-state index contributed by atoms with van der Waals surface area (Å²) >= 11 is 0. The molecule has 1 saturated heterocycles. The van der Waals surface area contributed by atoms with Gasteiger partial charge >= 0.3 is 0 Å². The van der Waals surface area contributed by atoms with Gasteiger partial charge in [-0.25, -0.2) is 19.9 Å². The standard InChI is InChI=1S/C17H20N10/c1-3-24-11-21-13-14(24)19-10-20-15(13)25-6-8-26(9-7-25)16-17-23-22-12(2)27(17)5-4-18-16/h4-5,10-11H,3,6-9H2,1-2H3. The fourth-order valence-electron chi connectivity index (χ4n) is 3.61. The van der Waals surface area contributed by atoms with E-state index >= 15 is 0 Å². The summed E-state index contributed by atoms with van der Waals surface area (Å²) in [7, 11) is 0. The van der Waals surface area contributed by atoms with Crippen molar-refractivity contribution in [1.29, 1.82) is 0 Å². The van der Waals surface area contributed by atoms with E-state index in [1.54, 1.807) is 12.5 Å². The van der Waals surface area contributed by atoms with Crippen LogP contribution in [0.3, 0.4) is 0 Å². The van der Waals surface area contributed by atoms with Gasteiger partial charge in [-0.3, -0.25) is 4.40 Å². The third-order valence-corrected chi connectivity index (χ3v) is 5.08. The maximum Gasteiger partial charge on any atom is 0.203 e. The van der Waals surface area contributed by atoms with Crippen LogP contribution >= 0.6 is 0 Å². The normalized spacial score (nSPS) is 15.2. The van der Waals surface area contributed by atoms with Crippen LogP contribution in [0.15, 0.2) is 25.0 Å². The van der Waals surface area contributed by atoms with Crippen LogP contribution in [0.1, 0.15) is 12.7 Å². The van der Waals surface area contributed by atoms with Gasteiger partial charge in [0.15, 0.2) is 22.8 Å². The van der Waals surface area contributed by atoms with Crippen molar-refractivity contribution < 1.29 is 0 Å². The predicted octanol–water partition coefficient (Wildman–Crippen LogP) is 0.919. The van der Waals surface area contributed by atoms with Crippen molar-refractivity contribution in [2.24, 2.45) is 0 Å². The van der Waals surface area contributed by atoms with Crippen molar-refractivity contribution in [3.8, 4) is 0 Å². The van der Waals surface area contributed by atoms with Gasteiger partial charge in [0.25, 0.3) is 0 Å². The first-order valence-corrected chi connectivity index (χ1v) is 9.08. The summed E-state index contributed by atoms with van der Waals surface area (Å²) in [5.74, 6) is 2.64. The minimum atomic E-state index is 0.801. The molecule has 1 fully saturated rings. The summed E-state index contributed by atoms with van der Waals surface area (Å²) in [4.78, 5) is 22.5. The lowest BCUT2D eigenvalue weighted by Gasteiger charge is -2.35. The second-order valence-corrected chi connectivity index (χ2v) is 6.57. The average molecular weight is 364 g/mol. The van der Waals surface area contributed by atoms with E-state index in [0.29, 0.717) is 0 Å². The number of aryl methyl sites for hydroxylation is 2. The number of hydrogen-bond donors (Lipinski definition) is 0. The van der Waals surface area contributed by atoms with E-state index in [1.165, 1.54) is 0 Å². The SMILES string of the molecule is CCn1cnc2c(N3CCN(c4nccn5c(C)nnc45)CC3)ncnc21. The highest BCUT2D eigenvalue weighted by Crippen LogP contribution is 2.25. The molecule has 1 aliphatic heterocycles. The van der Waals surface area contributed by atoms with Gasteiger partial charge in [0.1, 0.15) is 12.2 Å². The Kier molecular flexibility index (Phi) is 3.62. The molecule has 0 N–H and O–H groups in total. The molecule has 27 heavy (non-hydrogen) atoms. The van der Waals surface area contributed by atoms with Gasteiger partial charge in [0, 0.05) is 45.1 Å². The Labute approximate surface area is 155 Å². The summed E-state index contributed by atoms with van der Waals surface area (Å²) < 4.78 is 4.01. The minimum Gasteiger partial charge on any atom is -0.351 e. The van der Waals surface area contributed by atoms with Crippen LogP contribution in [0.5, 0.6) is 0 Å². The molecule has 0 amide bonds. The first-order chi connectivity index (χ1) is 13.3. The number of anilines is 2. The molecule has 4 aromatic rings. The van der Waals surface area contributed by atoms with E-state index < -0.39 is 0 Å². The van der Waals surface area contributed by atoms with Crippen LogP contribution < -0.4 is 9.80 Å². The Hall–Kier alpha value is -3.30. The molecule has 5 rings (SSSR count). The zero-order valence-electron chi connectivity index (χ0n) is 15.3. The fraction of sp³-hybridized carbons (Fsp3) is 0.412. The summed E-state index contributed by atoms with van der Waals surface area (Å²) in [5.41, 5.74) is 2.55. The van der Waals surface area contributed by atoms with Crippen molar-refractivity contribution >= 4 is 28.4 Å². The number of hydrogen-bond acceptors (Lipinski definition) is 8. The molecule has 0 aliphatic carbocycles. The van der Waals surface area contributed by atoms with Crippen molar-refractivity contribution in [3.05, 3.63) is 30.9 Å². The van der Waals surface area contributed by atoms with Gasteiger partial charge < -0.3 is 14.4 Å². The molecule has 0 aromatic carbocycles. The van der Waals surface area contributed by atoms with E-state index in [2.05, 4.69) is 46.9 Å². The molecule has 0 unspecified atom stereocenters. The highest BCUT2D eigenvalue weighted by molar-refractivity contribution is 5.83. The van der Waals surface area contributed by atoms with Gasteiger partial charge in [-0.15, -0.1) is 10.2 Å². The molecular weight excluding hydrogens is 344 g/mol. The van der Waals surface area contributed by atoms with Crippen LogP contribution in [0.2, 0.25) is 0 Å². The molecule has 0 spiro atoms. The zero-order chi connectivity index (χ0) is 18.4. The number of imidazole rings is 1. The molecule has 0 bridgehead atoms. The van der Waals surface area contributed by atoms with E-state index in [1.807, 2.05) is 28.4 Å². The first-order valence-electron chi connectivity index (χ1n) is 9.08. The molecule has 0 radical (unpaired) electrons. The smallest absolute Gasteiger partial charge is 0.203 e. The Morgan fingerprint density at radius 2 is 1.67 bits per heavy atom. The number of aromatic nitrogens is 8. The lowest BCUT2D eigenvalue weighted by molar-refractivity contribution is 0.642. The lowest BCUT2D eigenvalue weighted by Crippen LogP contribution is -2.47. The van der Waals surface area contributed by atoms with Crippen LogP contribution in [0.4, 0.5) is 11.6 Å². The molecule has 0 saturated carbocycles. The van der Waals surface area contributed by atoms with E-state index in [9.17, 15) is 0 Å². The van der Waals surface area contributed by atoms with Crippen molar-refractivity contribution in [1.82, 2.24) is 39.1 Å². The third-order valence-electron chi connectivity index (χ3n) is 5.08. The summed E-state index contributed by atoms with van der Waals surface area (Å²) in [6, 6.07) is 0. The van der Waals surface area contributed by atoms with E-state index in [-0.39, 0.29) is 0 Å². The molecule has 10 heteroatoms. The van der Waals surface area contributed by atoms with Gasteiger partial charge in [-0.1, -0.05) is 0 Å². The van der Waals surface area contributed by atoms with Crippen LogP contribution in [-0.2, 0) is 6.54 Å². The lowest BCUT2D eigenvalue weighted by atomic mass is 10.3. The average Bonchev–Trinajstić information content (AvgIpc) is 3.31. The largest absolute Gasteiger partial charge is 0.351 e. The highest BCUT2D eigenvalue weighted by Gasteiger charge is 2.24. The maximum atomic E-state index is 4.55. The van der Waals surface area contributed by atoms with Crippen molar-refractivity contribution in [2.75, 3.05) is 36.0 Å². The second-order valence-electron chi connectivity index (χ2n) is 6.57. The highest BCUT2D eigenvalue weighted by atomic mass is 15.3. The monoisotopic (exact) mass is 364 g/mol. The predicted molar refractivity (Wildman–Crippen MR) is 101 cm³/mol. The molecule has 10 nitrogen and oxygen atoms in total. The van der Waals surface area contributed by atoms with Crippen LogP contribution in [-0.4, -0.2) is 65.3 Å². The summed E-state index contributed by atoms with van der Waals surface area (Å²) in [5, 5.41) is 8.45.